The molecule has 0 aliphatic carbocycles. The summed E-state index contributed by atoms with van der Waals surface area (Å²) in [5.74, 6) is 0. The Bertz CT molecular complexity index is 82.0. The van der Waals surface area contributed by atoms with Gasteiger partial charge in [0.05, 0.1) is 0 Å². The normalized spacial score (nSPS) is 12.6. The third kappa shape index (κ3) is 12.3. The average molecular weight is 190 g/mol. The fourth-order valence-corrected chi connectivity index (χ4v) is 1.74. The Balaban J connectivity index is 0. The zero-order chi connectivity index (χ0) is 7.71. The number of hydrogen-bond acceptors (Lipinski definition) is 3. The maximum Gasteiger partial charge on any atom is 2.00 e. The molecule has 56 valence electrons. The second-order valence-electron chi connectivity index (χ2n) is 3.33. The van der Waals surface area contributed by atoms with E-state index in [4.69, 9.17) is 0 Å². The molecular formula is C5H11CaO3P. The Morgan fingerprint density at radius 3 is 1.40 bits per heavy atom. The molecule has 10 heavy (non-hydrogen) atoms. The minimum atomic E-state index is -4.29. The van der Waals surface area contributed by atoms with Gasteiger partial charge in [0.15, 0.2) is 0 Å². The summed E-state index contributed by atoms with van der Waals surface area (Å²) >= 11 is 0. The van der Waals surface area contributed by atoms with Gasteiger partial charge in [0.2, 0.25) is 0 Å². The van der Waals surface area contributed by atoms with Crippen LogP contribution in [0.3, 0.4) is 0 Å². The van der Waals surface area contributed by atoms with Gasteiger partial charge >= 0.3 is 37.7 Å². The van der Waals surface area contributed by atoms with E-state index in [1.165, 1.54) is 0 Å². The molecule has 0 aromatic carbocycles. The van der Waals surface area contributed by atoms with Gasteiger partial charge in [0, 0.05) is 6.16 Å². The first-order valence-corrected chi connectivity index (χ1v) is 4.45. The summed E-state index contributed by atoms with van der Waals surface area (Å²) < 4.78 is 0. The molecule has 0 spiro atoms. The quantitative estimate of drug-likeness (QED) is 0.373. The Kier molecular flexibility index (Phi) is 6.44. The van der Waals surface area contributed by atoms with E-state index >= 15 is 0 Å². The molecule has 0 aliphatic heterocycles. The summed E-state index contributed by atoms with van der Waals surface area (Å²) in [7, 11) is -4.29. The van der Waals surface area contributed by atoms with Crippen molar-refractivity contribution in [1.82, 2.24) is 0 Å². The van der Waals surface area contributed by atoms with Crippen LogP contribution < -0.4 is 14.7 Å². The van der Waals surface area contributed by atoms with Gasteiger partial charge in [-0.2, -0.15) is 7.94 Å². The van der Waals surface area contributed by atoms with Crippen molar-refractivity contribution in [1.29, 1.82) is 0 Å². The van der Waals surface area contributed by atoms with Crippen molar-refractivity contribution in [3.8, 4) is 0 Å². The summed E-state index contributed by atoms with van der Waals surface area (Å²) in [6.45, 7) is 5.15. The summed E-state index contributed by atoms with van der Waals surface area (Å²) in [4.78, 5) is 30.4. The molecule has 0 radical (unpaired) electrons. The van der Waals surface area contributed by atoms with E-state index in [1.807, 2.05) is 0 Å². The first-order valence-electron chi connectivity index (χ1n) is 2.72. The Morgan fingerprint density at radius 1 is 1.10 bits per heavy atom. The van der Waals surface area contributed by atoms with Crippen LogP contribution >= 0.6 is 7.94 Å². The van der Waals surface area contributed by atoms with Crippen LogP contribution in [0.2, 0.25) is 0 Å². The molecule has 0 aromatic rings. The van der Waals surface area contributed by atoms with Crippen molar-refractivity contribution in [2.45, 2.75) is 20.8 Å². The predicted molar refractivity (Wildman–Crippen MR) is 37.0 cm³/mol. The summed E-state index contributed by atoms with van der Waals surface area (Å²) in [5, 5.41) is 0. The van der Waals surface area contributed by atoms with E-state index in [2.05, 4.69) is 0 Å². The molecule has 5 heteroatoms. The van der Waals surface area contributed by atoms with Crippen molar-refractivity contribution in [2.24, 2.45) is 5.41 Å². The minimum Gasteiger partial charge on any atom is -0.688 e. The van der Waals surface area contributed by atoms with Crippen LogP contribution in [-0.2, 0) is 0 Å². The molecule has 0 aromatic heterocycles. The molecule has 0 amide bonds. The first kappa shape index (κ1) is 14.1. The van der Waals surface area contributed by atoms with Crippen LogP contribution in [0.15, 0.2) is 0 Å². The van der Waals surface area contributed by atoms with Gasteiger partial charge in [-0.25, -0.2) is 0 Å². The first-order chi connectivity index (χ1) is 3.71. The molecular weight excluding hydrogens is 179 g/mol. The van der Waals surface area contributed by atoms with Gasteiger partial charge in [-0.1, -0.05) is 20.8 Å². The van der Waals surface area contributed by atoms with Crippen LogP contribution in [0.1, 0.15) is 20.8 Å². The van der Waals surface area contributed by atoms with Crippen LogP contribution in [0.25, 0.3) is 0 Å². The molecule has 0 saturated carbocycles. The summed E-state index contributed by atoms with van der Waals surface area (Å²) in [6, 6.07) is 0. The predicted octanol–water partition coefficient (Wildman–Crippen LogP) is -1.50. The second kappa shape index (κ2) is 4.56. The van der Waals surface area contributed by atoms with E-state index in [-0.39, 0.29) is 43.9 Å². The van der Waals surface area contributed by atoms with Crippen molar-refractivity contribution >= 4 is 45.7 Å². The molecule has 0 unspecified atom stereocenters. The molecule has 0 N–H and O–H groups in total. The molecule has 0 saturated heterocycles. The third-order valence-corrected chi connectivity index (χ3v) is 2.00. The van der Waals surface area contributed by atoms with E-state index in [1.54, 1.807) is 20.8 Å². The van der Waals surface area contributed by atoms with Gasteiger partial charge in [-0.05, 0) is 5.41 Å². The number of rotatable bonds is 1. The maximum atomic E-state index is 10.1. The molecule has 0 rings (SSSR count). The summed E-state index contributed by atoms with van der Waals surface area (Å²) in [6.07, 6.45) is -0.264. The van der Waals surface area contributed by atoms with E-state index in [9.17, 15) is 14.7 Å². The number of hydrogen-bond donors (Lipinski definition) is 0. The Morgan fingerprint density at radius 2 is 1.40 bits per heavy atom. The smallest absolute Gasteiger partial charge is 0.688 e. The van der Waals surface area contributed by atoms with Crippen molar-refractivity contribution in [3.63, 3.8) is 0 Å². The fourth-order valence-electron chi connectivity index (χ4n) is 0.581. The van der Waals surface area contributed by atoms with Crippen molar-refractivity contribution in [3.05, 3.63) is 0 Å². The van der Waals surface area contributed by atoms with Gasteiger partial charge in [0.25, 0.3) is 0 Å². The molecule has 0 bridgehead atoms. The topological polar surface area (TPSA) is 69.2 Å². The van der Waals surface area contributed by atoms with Gasteiger partial charge in [-0.15, -0.1) is 0 Å². The van der Waals surface area contributed by atoms with Crippen LogP contribution in [0.5, 0.6) is 0 Å². The Hall–Kier alpha value is 1.57. The van der Waals surface area contributed by atoms with E-state index < -0.39 is 13.4 Å². The zero-order valence-electron chi connectivity index (χ0n) is 6.59. The van der Waals surface area contributed by atoms with Gasteiger partial charge in [-0.3, -0.25) is 0 Å². The fraction of sp³-hybridized carbons (Fsp3) is 1.00. The second-order valence-corrected chi connectivity index (χ2v) is 4.87. The molecule has 0 aliphatic rings. The van der Waals surface area contributed by atoms with Gasteiger partial charge < -0.3 is 14.7 Å². The van der Waals surface area contributed by atoms with Crippen LogP contribution in [0.4, 0.5) is 0 Å². The largest absolute Gasteiger partial charge is 2.00 e. The minimum absolute atomic E-state index is 0. The van der Waals surface area contributed by atoms with E-state index in [0.29, 0.717) is 0 Å². The molecule has 0 fully saturated rings. The Labute approximate surface area is 92.0 Å². The van der Waals surface area contributed by atoms with E-state index in [0.717, 1.165) is 0 Å². The average Bonchev–Trinajstić information content (AvgIpc) is 1.14. The van der Waals surface area contributed by atoms with Crippen molar-refractivity contribution < 1.29 is 14.7 Å². The van der Waals surface area contributed by atoms with Crippen LogP contribution in [0, 0.1) is 5.41 Å². The van der Waals surface area contributed by atoms with Crippen LogP contribution in [-0.4, -0.2) is 43.9 Å². The SMILES string of the molecule is CC(C)(C)C[P+]([O-])([O-])[O-].[Ca+2]. The molecule has 3 nitrogen and oxygen atoms in total. The van der Waals surface area contributed by atoms with Gasteiger partial charge in [0.1, 0.15) is 0 Å². The molecule has 0 heterocycles. The summed E-state index contributed by atoms with van der Waals surface area (Å²) in [5.41, 5.74) is -0.404. The van der Waals surface area contributed by atoms with Crippen molar-refractivity contribution in [2.75, 3.05) is 6.16 Å². The standard InChI is InChI=1S/C5H13O3P.Ca/c1-5(2,3)4-9(6,7)8;/h4H2,1-3H3,(H2,6,7,8);/q;+2/p-2. The zero-order valence-corrected chi connectivity index (χ0v) is 9.69. The monoisotopic (exact) mass is 190 g/mol. The molecule has 0 atom stereocenters. The third-order valence-electron chi connectivity index (χ3n) is 0.668. The maximum absolute atomic E-state index is 10.1.